The van der Waals surface area contributed by atoms with E-state index < -0.39 is 0 Å². The number of amides is 1. The summed E-state index contributed by atoms with van der Waals surface area (Å²) in [5.74, 6) is -0.0374. The van der Waals surface area contributed by atoms with Gasteiger partial charge in [0.2, 0.25) is 5.91 Å². The van der Waals surface area contributed by atoms with Crippen molar-refractivity contribution in [1.29, 1.82) is 0 Å². The van der Waals surface area contributed by atoms with Crippen LogP contribution in [0.2, 0.25) is 0 Å². The highest BCUT2D eigenvalue weighted by molar-refractivity contribution is 5.76. The van der Waals surface area contributed by atoms with Gasteiger partial charge in [-0.05, 0) is 6.42 Å². The minimum atomic E-state index is -0.125. The van der Waals surface area contributed by atoms with Gasteiger partial charge in [0.1, 0.15) is 0 Å². The molecule has 1 amide bonds. The van der Waals surface area contributed by atoms with E-state index in [4.69, 9.17) is 5.11 Å². The van der Waals surface area contributed by atoms with Gasteiger partial charge >= 0.3 is 0 Å². The number of aryl methyl sites for hydroxylation is 1. The van der Waals surface area contributed by atoms with Crippen molar-refractivity contribution < 1.29 is 9.90 Å². The molecule has 84 valence electrons. The molecule has 0 spiro atoms. The molecule has 0 aliphatic heterocycles. The summed E-state index contributed by atoms with van der Waals surface area (Å²) in [6.45, 7) is 2.54. The second-order valence-corrected chi connectivity index (χ2v) is 3.41. The molecule has 0 bridgehead atoms. The number of nitrogens with one attached hydrogen (secondary N) is 1. The molecule has 5 heteroatoms. The summed E-state index contributed by atoms with van der Waals surface area (Å²) in [6, 6.07) is -0.125. The molecular formula is C10H17N3O2. The van der Waals surface area contributed by atoms with Crippen molar-refractivity contribution in [3.05, 3.63) is 18.7 Å². The van der Waals surface area contributed by atoms with E-state index in [1.807, 2.05) is 17.7 Å². The Morgan fingerprint density at radius 3 is 3.00 bits per heavy atom. The Kier molecular flexibility index (Phi) is 4.83. The molecule has 0 unspecified atom stereocenters. The van der Waals surface area contributed by atoms with Gasteiger partial charge in [0.15, 0.2) is 0 Å². The maximum Gasteiger partial charge on any atom is 0.222 e. The molecule has 0 saturated carbocycles. The van der Waals surface area contributed by atoms with Crippen LogP contribution < -0.4 is 5.32 Å². The zero-order valence-corrected chi connectivity index (χ0v) is 8.89. The number of aliphatic hydroxyl groups is 1. The number of carbonyl (C=O) groups excluding carboxylic acids is 1. The van der Waals surface area contributed by atoms with Crippen LogP contribution in [0, 0.1) is 0 Å². The fourth-order valence-corrected chi connectivity index (χ4v) is 1.23. The van der Waals surface area contributed by atoms with Crippen LogP contribution in [0.5, 0.6) is 0 Å². The van der Waals surface area contributed by atoms with E-state index >= 15 is 0 Å². The Balaban J connectivity index is 2.24. The summed E-state index contributed by atoms with van der Waals surface area (Å²) in [7, 11) is 0. The van der Waals surface area contributed by atoms with Crippen LogP contribution in [-0.2, 0) is 11.3 Å². The van der Waals surface area contributed by atoms with Crippen molar-refractivity contribution in [2.24, 2.45) is 0 Å². The van der Waals surface area contributed by atoms with Gasteiger partial charge in [0.05, 0.1) is 19.0 Å². The quantitative estimate of drug-likeness (QED) is 0.704. The van der Waals surface area contributed by atoms with Crippen LogP contribution in [0.4, 0.5) is 0 Å². The number of hydrogen-bond acceptors (Lipinski definition) is 3. The third-order valence-electron chi connectivity index (χ3n) is 2.23. The zero-order chi connectivity index (χ0) is 11.1. The molecule has 0 fully saturated rings. The largest absolute Gasteiger partial charge is 0.394 e. The fraction of sp³-hybridized carbons (Fsp3) is 0.600. The molecule has 1 aromatic heterocycles. The highest BCUT2D eigenvalue weighted by atomic mass is 16.3. The average molecular weight is 211 g/mol. The molecule has 2 N–H and O–H groups in total. The highest BCUT2D eigenvalue weighted by Gasteiger charge is 2.08. The third-order valence-corrected chi connectivity index (χ3v) is 2.23. The van der Waals surface area contributed by atoms with Crippen LogP contribution in [0.25, 0.3) is 0 Å². The molecule has 0 aromatic carbocycles. The molecular weight excluding hydrogens is 194 g/mol. The predicted octanol–water partition coefficient (Wildman–Crippen LogP) is 0.160. The van der Waals surface area contributed by atoms with Crippen molar-refractivity contribution in [3.63, 3.8) is 0 Å². The monoisotopic (exact) mass is 211 g/mol. The highest BCUT2D eigenvalue weighted by Crippen LogP contribution is 1.94. The van der Waals surface area contributed by atoms with Gasteiger partial charge in [-0.1, -0.05) is 6.92 Å². The first kappa shape index (κ1) is 11.7. The molecule has 0 saturated heterocycles. The molecule has 1 atom stereocenters. The minimum absolute atomic E-state index is 0.00663. The lowest BCUT2D eigenvalue weighted by Crippen LogP contribution is -2.37. The van der Waals surface area contributed by atoms with E-state index in [9.17, 15) is 4.79 Å². The fourth-order valence-electron chi connectivity index (χ4n) is 1.23. The second-order valence-electron chi connectivity index (χ2n) is 3.41. The third kappa shape index (κ3) is 4.12. The van der Waals surface area contributed by atoms with Crippen molar-refractivity contribution in [1.82, 2.24) is 14.9 Å². The van der Waals surface area contributed by atoms with E-state index in [-0.39, 0.29) is 18.6 Å². The Morgan fingerprint density at radius 2 is 2.47 bits per heavy atom. The Hall–Kier alpha value is -1.36. The molecule has 0 radical (unpaired) electrons. The van der Waals surface area contributed by atoms with Crippen molar-refractivity contribution in [2.45, 2.75) is 32.4 Å². The second kappa shape index (κ2) is 6.19. The molecule has 0 aliphatic carbocycles. The van der Waals surface area contributed by atoms with E-state index in [2.05, 4.69) is 10.3 Å². The van der Waals surface area contributed by atoms with Crippen molar-refractivity contribution in [3.8, 4) is 0 Å². The molecule has 0 aliphatic rings. The molecule has 1 heterocycles. The summed E-state index contributed by atoms with van der Waals surface area (Å²) in [4.78, 5) is 15.3. The maximum atomic E-state index is 11.4. The lowest BCUT2D eigenvalue weighted by molar-refractivity contribution is -0.122. The smallest absolute Gasteiger partial charge is 0.222 e. The van der Waals surface area contributed by atoms with E-state index in [1.165, 1.54) is 0 Å². The van der Waals surface area contributed by atoms with Crippen LogP contribution >= 0.6 is 0 Å². The SMILES string of the molecule is CC[C@@H](CO)NC(=O)CCn1ccnc1. The first-order valence-corrected chi connectivity index (χ1v) is 5.12. The first-order chi connectivity index (χ1) is 7.26. The summed E-state index contributed by atoms with van der Waals surface area (Å²) in [6.07, 6.45) is 6.33. The van der Waals surface area contributed by atoms with Gasteiger partial charge < -0.3 is 15.0 Å². The standard InChI is InChI=1S/C10H17N3O2/c1-2-9(7-14)12-10(15)3-5-13-6-4-11-8-13/h4,6,8-9,14H,2-3,5,7H2,1H3,(H,12,15)/t9-/m0/s1. The van der Waals surface area contributed by atoms with Gasteiger partial charge in [-0.3, -0.25) is 4.79 Å². The van der Waals surface area contributed by atoms with Crippen molar-refractivity contribution in [2.75, 3.05) is 6.61 Å². The van der Waals surface area contributed by atoms with E-state index in [0.29, 0.717) is 13.0 Å². The summed E-state index contributed by atoms with van der Waals surface area (Å²) < 4.78 is 1.85. The number of carbonyl (C=O) groups is 1. The summed E-state index contributed by atoms with van der Waals surface area (Å²) in [5.41, 5.74) is 0. The van der Waals surface area contributed by atoms with Gasteiger partial charge in [0.25, 0.3) is 0 Å². The molecule has 1 rings (SSSR count). The lowest BCUT2D eigenvalue weighted by Gasteiger charge is -2.13. The molecule has 5 nitrogen and oxygen atoms in total. The maximum absolute atomic E-state index is 11.4. The summed E-state index contributed by atoms with van der Waals surface area (Å²) >= 11 is 0. The van der Waals surface area contributed by atoms with Gasteiger partial charge in [-0.25, -0.2) is 4.98 Å². The van der Waals surface area contributed by atoms with Gasteiger partial charge in [-0.15, -0.1) is 0 Å². The Labute approximate surface area is 89.1 Å². The minimum Gasteiger partial charge on any atom is -0.394 e. The number of nitrogens with zero attached hydrogens (tertiary/aromatic N) is 2. The molecule has 15 heavy (non-hydrogen) atoms. The Bertz CT molecular complexity index is 281. The number of aromatic nitrogens is 2. The zero-order valence-electron chi connectivity index (χ0n) is 8.89. The van der Waals surface area contributed by atoms with Crippen molar-refractivity contribution >= 4 is 5.91 Å². The topological polar surface area (TPSA) is 67.2 Å². The van der Waals surface area contributed by atoms with Crippen LogP contribution in [0.1, 0.15) is 19.8 Å². The van der Waals surface area contributed by atoms with Gasteiger partial charge in [-0.2, -0.15) is 0 Å². The van der Waals surface area contributed by atoms with E-state index in [1.54, 1.807) is 12.5 Å². The number of imidazole rings is 1. The average Bonchev–Trinajstić information content (AvgIpc) is 2.75. The Morgan fingerprint density at radius 1 is 1.67 bits per heavy atom. The van der Waals surface area contributed by atoms with Gasteiger partial charge in [0, 0.05) is 25.4 Å². The molecule has 1 aromatic rings. The first-order valence-electron chi connectivity index (χ1n) is 5.12. The van der Waals surface area contributed by atoms with Crippen LogP contribution in [0.15, 0.2) is 18.7 Å². The van der Waals surface area contributed by atoms with Crippen LogP contribution in [0.3, 0.4) is 0 Å². The predicted molar refractivity (Wildman–Crippen MR) is 56.2 cm³/mol. The number of rotatable bonds is 6. The van der Waals surface area contributed by atoms with E-state index in [0.717, 1.165) is 6.42 Å². The van der Waals surface area contributed by atoms with Crippen LogP contribution in [-0.4, -0.2) is 33.2 Å². The number of hydrogen-bond donors (Lipinski definition) is 2. The number of aliphatic hydroxyl groups excluding tert-OH is 1. The summed E-state index contributed by atoms with van der Waals surface area (Å²) in [5, 5.41) is 11.7. The normalized spacial score (nSPS) is 12.4. The lowest BCUT2D eigenvalue weighted by atomic mass is 10.2.